The fraction of sp³-hybridized carbons (Fsp3) is 0.400. The summed E-state index contributed by atoms with van der Waals surface area (Å²) in [5.41, 5.74) is 0. The molecule has 1 aromatic rings. The first-order valence-electron chi connectivity index (χ1n) is 4.89. The Morgan fingerprint density at radius 2 is 2.06 bits per heavy atom. The van der Waals surface area contributed by atoms with Crippen molar-refractivity contribution in [1.29, 1.82) is 0 Å². The predicted molar refractivity (Wildman–Crippen MR) is 55.8 cm³/mol. The Labute approximate surface area is 92.7 Å². The van der Waals surface area contributed by atoms with Gasteiger partial charge in [-0.15, -0.1) is 0 Å². The average Bonchev–Trinajstić information content (AvgIpc) is 2.27. The van der Waals surface area contributed by atoms with Crippen LogP contribution in [0.25, 0.3) is 0 Å². The van der Waals surface area contributed by atoms with Gasteiger partial charge in [0.2, 0.25) is 5.82 Å². The summed E-state index contributed by atoms with van der Waals surface area (Å²) in [6.07, 6.45) is 3.36. The van der Waals surface area contributed by atoms with Gasteiger partial charge in [-0.25, -0.2) is 9.97 Å². The standard InChI is InChI=1S/C10H13N3O3/c1-7(3-4-8(14)15)13-10(16)9-11-5-2-6-12-9/h2,5-7H,3-4H2,1H3,(H,13,16)(H,14,15). The Morgan fingerprint density at radius 3 is 2.62 bits per heavy atom. The van der Waals surface area contributed by atoms with Crippen LogP contribution in [0.2, 0.25) is 0 Å². The third-order valence-electron chi connectivity index (χ3n) is 1.94. The molecular weight excluding hydrogens is 210 g/mol. The minimum atomic E-state index is -0.878. The minimum Gasteiger partial charge on any atom is -0.481 e. The van der Waals surface area contributed by atoms with E-state index in [9.17, 15) is 9.59 Å². The monoisotopic (exact) mass is 223 g/mol. The van der Waals surface area contributed by atoms with Gasteiger partial charge in [0, 0.05) is 24.9 Å². The van der Waals surface area contributed by atoms with Crippen molar-refractivity contribution in [2.24, 2.45) is 0 Å². The maximum atomic E-state index is 11.5. The van der Waals surface area contributed by atoms with Crippen LogP contribution in [-0.2, 0) is 4.79 Å². The van der Waals surface area contributed by atoms with Crippen LogP contribution < -0.4 is 5.32 Å². The number of carboxylic acid groups (broad SMARTS) is 1. The van der Waals surface area contributed by atoms with E-state index in [1.807, 2.05) is 0 Å². The molecule has 6 nitrogen and oxygen atoms in total. The first kappa shape index (κ1) is 12.1. The molecule has 0 aliphatic heterocycles. The summed E-state index contributed by atoms with van der Waals surface area (Å²) in [6, 6.07) is 1.40. The number of carbonyl (C=O) groups is 2. The molecule has 0 aliphatic carbocycles. The number of nitrogens with zero attached hydrogens (tertiary/aromatic N) is 2. The molecule has 0 radical (unpaired) electrons. The number of hydrogen-bond acceptors (Lipinski definition) is 4. The molecule has 1 atom stereocenters. The molecule has 1 amide bonds. The average molecular weight is 223 g/mol. The van der Waals surface area contributed by atoms with Crippen molar-refractivity contribution in [3.05, 3.63) is 24.3 Å². The summed E-state index contributed by atoms with van der Waals surface area (Å²) >= 11 is 0. The lowest BCUT2D eigenvalue weighted by atomic mass is 10.2. The van der Waals surface area contributed by atoms with Crippen molar-refractivity contribution in [2.75, 3.05) is 0 Å². The minimum absolute atomic E-state index is 0.0249. The highest BCUT2D eigenvalue weighted by atomic mass is 16.4. The van der Waals surface area contributed by atoms with Crippen LogP contribution in [-0.4, -0.2) is 33.0 Å². The van der Waals surface area contributed by atoms with Crippen molar-refractivity contribution in [3.8, 4) is 0 Å². The number of carbonyl (C=O) groups excluding carboxylic acids is 1. The number of aromatic nitrogens is 2. The largest absolute Gasteiger partial charge is 0.481 e. The Kier molecular flexibility index (Phi) is 4.38. The van der Waals surface area contributed by atoms with E-state index >= 15 is 0 Å². The summed E-state index contributed by atoms with van der Waals surface area (Å²) in [6.45, 7) is 1.74. The highest BCUT2D eigenvalue weighted by Crippen LogP contribution is 1.97. The van der Waals surface area contributed by atoms with Crippen molar-refractivity contribution in [3.63, 3.8) is 0 Å². The molecule has 1 unspecified atom stereocenters. The van der Waals surface area contributed by atoms with E-state index in [4.69, 9.17) is 5.11 Å². The molecule has 0 spiro atoms. The van der Waals surface area contributed by atoms with Gasteiger partial charge in [0.1, 0.15) is 0 Å². The lowest BCUT2D eigenvalue weighted by Crippen LogP contribution is -2.34. The number of amides is 1. The van der Waals surface area contributed by atoms with Crippen LogP contribution in [0.4, 0.5) is 0 Å². The van der Waals surface area contributed by atoms with Crippen LogP contribution in [0.3, 0.4) is 0 Å². The van der Waals surface area contributed by atoms with Crippen LogP contribution in [0.5, 0.6) is 0 Å². The van der Waals surface area contributed by atoms with Crippen molar-refractivity contribution in [2.45, 2.75) is 25.8 Å². The zero-order valence-corrected chi connectivity index (χ0v) is 8.88. The van der Waals surface area contributed by atoms with E-state index in [0.29, 0.717) is 6.42 Å². The second-order valence-electron chi connectivity index (χ2n) is 3.38. The maximum Gasteiger partial charge on any atom is 0.303 e. The van der Waals surface area contributed by atoms with Gasteiger partial charge in [-0.2, -0.15) is 0 Å². The first-order chi connectivity index (χ1) is 7.59. The van der Waals surface area contributed by atoms with Gasteiger partial charge in [0.05, 0.1) is 0 Å². The van der Waals surface area contributed by atoms with E-state index < -0.39 is 11.9 Å². The molecule has 0 fully saturated rings. The molecule has 0 bridgehead atoms. The van der Waals surface area contributed by atoms with E-state index in [1.165, 1.54) is 12.4 Å². The van der Waals surface area contributed by atoms with Crippen molar-refractivity contribution >= 4 is 11.9 Å². The van der Waals surface area contributed by atoms with E-state index in [-0.39, 0.29) is 18.3 Å². The van der Waals surface area contributed by atoms with Crippen molar-refractivity contribution in [1.82, 2.24) is 15.3 Å². The molecular formula is C10H13N3O3. The van der Waals surface area contributed by atoms with Crippen LogP contribution in [0.15, 0.2) is 18.5 Å². The molecule has 16 heavy (non-hydrogen) atoms. The fourth-order valence-corrected chi connectivity index (χ4v) is 1.12. The maximum absolute atomic E-state index is 11.5. The predicted octanol–water partition coefficient (Wildman–Crippen LogP) is 0.460. The molecule has 1 aromatic heterocycles. The molecule has 0 saturated carbocycles. The molecule has 1 rings (SSSR count). The van der Waals surface area contributed by atoms with Gasteiger partial charge in [0.15, 0.2) is 0 Å². The van der Waals surface area contributed by atoms with Crippen LogP contribution >= 0.6 is 0 Å². The van der Waals surface area contributed by atoms with Gasteiger partial charge in [-0.05, 0) is 19.4 Å². The van der Waals surface area contributed by atoms with Gasteiger partial charge < -0.3 is 10.4 Å². The zero-order valence-electron chi connectivity index (χ0n) is 8.88. The van der Waals surface area contributed by atoms with Gasteiger partial charge in [-0.3, -0.25) is 9.59 Å². The SMILES string of the molecule is CC(CCC(=O)O)NC(=O)c1ncccn1. The molecule has 86 valence electrons. The molecule has 6 heteroatoms. The zero-order chi connectivity index (χ0) is 12.0. The molecule has 0 aliphatic rings. The third-order valence-corrected chi connectivity index (χ3v) is 1.94. The smallest absolute Gasteiger partial charge is 0.303 e. The second-order valence-corrected chi connectivity index (χ2v) is 3.38. The lowest BCUT2D eigenvalue weighted by Gasteiger charge is -2.11. The summed E-state index contributed by atoms with van der Waals surface area (Å²) in [4.78, 5) is 29.4. The third kappa shape index (κ3) is 4.04. The van der Waals surface area contributed by atoms with Gasteiger partial charge in [0.25, 0.3) is 5.91 Å². The summed E-state index contributed by atoms with van der Waals surface area (Å²) in [5.74, 6) is -1.18. The highest BCUT2D eigenvalue weighted by molar-refractivity contribution is 5.90. The summed E-state index contributed by atoms with van der Waals surface area (Å²) in [7, 11) is 0. The van der Waals surface area contributed by atoms with E-state index in [1.54, 1.807) is 13.0 Å². The quantitative estimate of drug-likeness (QED) is 0.756. The molecule has 0 aromatic carbocycles. The Bertz CT molecular complexity index is 367. The van der Waals surface area contributed by atoms with Crippen LogP contribution in [0.1, 0.15) is 30.4 Å². The Morgan fingerprint density at radius 1 is 1.44 bits per heavy atom. The number of hydrogen-bond donors (Lipinski definition) is 2. The molecule has 0 saturated heterocycles. The first-order valence-corrected chi connectivity index (χ1v) is 4.89. The lowest BCUT2D eigenvalue weighted by molar-refractivity contribution is -0.137. The summed E-state index contributed by atoms with van der Waals surface area (Å²) < 4.78 is 0. The molecule has 2 N–H and O–H groups in total. The number of carboxylic acids is 1. The Balaban J connectivity index is 2.43. The summed E-state index contributed by atoms with van der Waals surface area (Å²) in [5, 5.41) is 11.1. The van der Waals surface area contributed by atoms with E-state index in [2.05, 4.69) is 15.3 Å². The Hall–Kier alpha value is -1.98. The van der Waals surface area contributed by atoms with Crippen molar-refractivity contribution < 1.29 is 14.7 Å². The second kappa shape index (κ2) is 5.79. The van der Waals surface area contributed by atoms with Gasteiger partial charge in [-0.1, -0.05) is 0 Å². The van der Waals surface area contributed by atoms with E-state index in [0.717, 1.165) is 0 Å². The highest BCUT2D eigenvalue weighted by Gasteiger charge is 2.12. The normalized spacial score (nSPS) is 11.8. The number of nitrogens with one attached hydrogen (secondary N) is 1. The van der Waals surface area contributed by atoms with Crippen LogP contribution in [0, 0.1) is 0 Å². The topological polar surface area (TPSA) is 92.2 Å². The number of aliphatic carboxylic acids is 1. The van der Waals surface area contributed by atoms with Gasteiger partial charge >= 0.3 is 5.97 Å². The fourth-order valence-electron chi connectivity index (χ4n) is 1.12. The molecule has 1 heterocycles. The number of rotatable bonds is 5.